The minimum absolute atomic E-state index is 0.0981. The van der Waals surface area contributed by atoms with Crippen LogP contribution in [0.1, 0.15) is 51.4 Å². The van der Waals surface area contributed by atoms with Gasteiger partial charge < -0.3 is 10.0 Å². The molecule has 2 aliphatic rings. The number of carbonyl (C=O) groups is 2. The van der Waals surface area contributed by atoms with E-state index in [1.54, 1.807) is 6.08 Å². The molecule has 1 atom stereocenters. The van der Waals surface area contributed by atoms with Crippen LogP contribution >= 0.6 is 0 Å². The minimum atomic E-state index is -0.870. The van der Waals surface area contributed by atoms with Gasteiger partial charge in [-0.1, -0.05) is 12.0 Å². The average molecular weight is 251 g/mol. The first kappa shape index (κ1) is 13.1. The van der Waals surface area contributed by atoms with Crippen molar-refractivity contribution in [3.8, 4) is 0 Å². The Labute approximate surface area is 108 Å². The van der Waals surface area contributed by atoms with Gasteiger partial charge in [0.15, 0.2) is 0 Å². The molecule has 100 valence electrons. The number of carbonyl (C=O) groups excluding carboxylic acids is 1. The number of allylic oxidation sites excluding steroid dienone is 1. The standard InChI is InChI=1S/C14H21NO3/c16-13(10-11-6-2-1-3-7-11)15-9-5-4-8-12(15)14(17)18/h10,12H,1-9H2,(H,17,18)/t12-/m1/s1. The zero-order chi connectivity index (χ0) is 13.0. The van der Waals surface area contributed by atoms with E-state index in [0.717, 1.165) is 38.5 Å². The van der Waals surface area contributed by atoms with Crippen LogP contribution in [0.15, 0.2) is 11.6 Å². The molecule has 0 aromatic carbocycles. The molecular weight excluding hydrogens is 230 g/mol. The highest BCUT2D eigenvalue weighted by atomic mass is 16.4. The maximum absolute atomic E-state index is 12.2. The lowest BCUT2D eigenvalue weighted by Gasteiger charge is -2.32. The third-order valence-corrected chi connectivity index (χ3v) is 3.89. The molecule has 1 aliphatic heterocycles. The predicted molar refractivity (Wildman–Crippen MR) is 68.2 cm³/mol. The molecule has 0 aromatic rings. The van der Waals surface area contributed by atoms with E-state index in [1.807, 2.05) is 0 Å². The first-order valence-corrected chi connectivity index (χ1v) is 6.91. The fourth-order valence-corrected chi connectivity index (χ4v) is 2.86. The van der Waals surface area contributed by atoms with Crippen LogP contribution < -0.4 is 0 Å². The number of carboxylic acids is 1. The summed E-state index contributed by atoms with van der Waals surface area (Å²) in [6, 6.07) is -0.619. The maximum Gasteiger partial charge on any atom is 0.326 e. The molecule has 2 rings (SSSR count). The normalized spacial score (nSPS) is 24.8. The lowest BCUT2D eigenvalue weighted by molar-refractivity contribution is -0.150. The van der Waals surface area contributed by atoms with Crippen LogP contribution in [0.3, 0.4) is 0 Å². The van der Waals surface area contributed by atoms with Crippen molar-refractivity contribution in [2.24, 2.45) is 0 Å². The summed E-state index contributed by atoms with van der Waals surface area (Å²) >= 11 is 0. The minimum Gasteiger partial charge on any atom is -0.480 e. The molecule has 1 amide bonds. The van der Waals surface area contributed by atoms with Gasteiger partial charge in [0.1, 0.15) is 6.04 Å². The highest BCUT2D eigenvalue weighted by Crippen LogP contribution is 2.24. The molecule has 0 aromatic heterocycles. The maximum atomic E-state index is 12.2. The smallest absolute Gasteiger partial charge is 0.326 e. The molecule has 1 aliphatic carbocycles. The van der Waals surface area contributed by atoms with Crippen molar-refractivity contribution in [3.05, 3.63) is 11.6 Å². The molecule has 1 saturated heterocycles. The van der Waals surface area contributed by atoms with E-state index in [2.05, 4.69) is 0 Å². The van der Waals surface area contributed by atoms with E-state index >= 15 is 0 Å². The molecule has 1 heterocycles. The third kappa shape index (κ3) is 3.12. The zero-order valence-corrected chi connectivity index (χ0v) is 10.7. The molecule has 1 N–H and O–H groups in total. The average Bonchev–Trinajstić information content (AvgIpc) is 2.40. The summed E-state index contributed by atoms with van der Waals surface area (Å²) in [5.41, 5.74) is 1.20. The first-order valence-electron chi connectivity index (χ1n) is 6.91. The summed E-state index contributed by atoms with van der Waals surface area (Å²) in [6.45, 7) is 0.583. The van der Waals surface area contributed by atoms with Gasteiger partial charge in [-0.3, -0.25) is 4.79 Å². The lowest BCUT2D eigenvalue weighted by atomic mass is 9.94. The summed E-state index contributed by atoms with van der Waals surface area (Å²) in [6.07, 6.45) is 9.64. The Morgan fingerprint density at radius 2 is 1.83 bits per heavy atom. The van der Waals surface area contributed by atoms with E-state index in [0.29, 0.717) is 13.0 Å². The largest absolute Gasteiger partial charge is 0.480 e. The summed E-state index contributed by atoms with van der Waals surface area (Å²) in [4.78, 5) is 24.8. The van der Waals surface area contributed by atoms with Crippen molar-refractivity contribution in [1.82, 2.24) is 4.90 Å². The number of hydrogen-bond donors (Lipinski definition) is 1. The van der Waals surface area contributed by atoms with Gasteiger partial charge in [0.2, 0.25) is 5.91 Å². The molecule has 0 unspecified atom stereocenters. The second-order valence-corrected chi connectivity index (χ2v) is 5.24. The highest BCUT2D eigenvalue weighted by molar-refractivity contribution is 5.91. The summed E-state index contributed by atoms with van der Waals surface area (Å²) in [5, 5.41) is 9.15. The number of carboxylic acid groups (broad SMARTS) is 1. The summed E-state index contributed by atoms with van der Waals surface area (Å²) < 4.78 is 0. The Kier molecular flexibility index (Phi) is 4.39. The Bertz CT molecular complexity index is 354. The van der Waals surface area contributed by atoms with Crippen molar-refractivity contribution >= 4 is 11.9 Å². The summed E-state index contributed by atoms with van der Waals surface area (Å²) in [7, 11) is 0. The zero-order valence-electron chi connectivity index (χ0n) is 10.7. The van der Waals surface area contributed by atoms with Crippen molar-refractivity contribution in [1.29, 1.82) is 0 Å². The van der Waals surface area contributed by atoms with Crippen molar-refractivity contribution in [2.75, 3.05) is 6.54 Å². The number of aliphatic carboxylic acids is 1. The van der Waals surface area contributed by atoms with Crippen molar-refractivity contribution in [2.45, 2.75) is 57.4 Å². The first-order chi connectivity index (χ1) is 8.68. The Hall–Kier alpha value is -1.32. The van der Waals surface area contributed by atoms with Crippen LogP contribution in [0.2, 0.25) is 0 Å². The molecule has 18 heavy (non-hydrogen) atoms. The second kappa shape index (κ2) is 6.03. The topological polar surface area (TPSA) is 57.6 Å². The Morgan fingerprint density at radius 1 is 1.11 bits per heavy atom. The number of hydrogen-bond acceptors (Lipinski definition) is 2. The van der Waals surface area contributed by atoms with Crippen molar-refractivity contribution in [3.63, 3.8) is 0 Å². The second-order valence-electron chi connectivity index (χ2n) is 5.24. The van der Waals surface area contributed by atoms with Crippen LogP contribution in [0.5, 0.6) is 0 Å². The van der Waals surface area contributed by atoms with Gasteiger partial charge in [0.25, 0.3) is 0 Å². The number of rotatable bonds is 2. The number of nitrogens with zero attached hydrogens (tertiary/aromatic N) is 1. The molecule has 2 fully saturated rings. The van der Waals surface area contributed by atoms with Crippen molar-refractivity contribution < 1.29 is 14.7 Å². The van der Waals surface area contributed by atoms with E-state index < -0.39 is 12.0 Å². The van der Waals surface area contributed by atoms with Crippen LogP contribution in [0.25, 0.3) is 0 Å². The fourth-order valence-electron chi connectivity index (χ4n) is 2.86. The van der Waals surface area contributed by atoms with Gasteiger partial charge in [-0.2, -0.15) is 0 Å². The van der Waals surface area contributed by atoms with E-state index in [-0.39, 0.29) is 5.91 Å². The van der Waals surface area contributed by atoms with Gasteiger partial charge in [-0.25, -0.2) is 4.79 Å². The fraction of sp³-hybridized carbons (Fsp3) is 0.714. The van der Waals surface area contributed by atoms with Crippen LogP contribution in [-0.2, 0) is 9.59 Å². The molecule has 4 nitrogen and oxygen atoms in total. The summed E-state index contributed by atoms with van der Waals surface area (Å²) in [5.74, 6) is -0.968. The predicted octanol–water partition coefficient (Wildman–Crippen LogP) is 2.34. The molecule has 0 spiro atoms. The number of piperidine rings is 1. The Morgan fingerprint density at radius 3 is 2.50 bits per heavy atom. The SMILES string of the molecule is O=C(O)[C@H]1CCCCN1C(=O)C=C1CCCCC1. The molecule has 4 heteroatoms. The van der Waals surface area contributed by atoms with Gasteiger partial charge in [0.05, 0.1) is 0 Å². The van der Waals surface area contributed by atoms with Gasteiger partial charge in [-0.15, -0.1) is 0 Å². The van der Waals surface area contributed by atoms with Crippen LogP contribution in [0.4, 0.5) is 0 Å². The number of likely N-dealkylation sites (tertiary alicyclic amines) is 1. The molecule has 1 saturated carbocycles. The van der Waals surface area contributed by atoms with Crippen LogP contribution in [0, 0.1) is 0 Å². The monoisotopic (exact) mass is 251 g/mol. The van der Waals surface area contributed by atoms with E-state index in [4.69, 9.17) is 5.11 Å². The third-order valence-electron chi connectivity index (χ3n) is 3.89. The van der Waals surface area contributed by atoms with Gasteiger partial charge >= 0.3 is 5.97 Å². The molecule has 0 radical (unpaired) electrons. The van der Waals surface area contributed by atoms with E-state index in [1.165, 1.54) is 16.9 Å². The Balaban J connectivity index is 2.03. The molecular formula is C14H21NO3. The highest BCUT2D eigenvalue weighted by Gasteiger charge is 2.31. The van der Waals surface area contributed by atoms with E-state index in [9.17, 15) is 9.59 Å². The van der Waals surface area contributed by atoms with Gasteiger partial charge in [0, 0.05) is 12.6 Å². The quantitative estimate of drug-likeness (QED) is 0.766. The molecule has 0 bridgehead atoms. The lowest BCUT2D eigenvalue weighted by Crippen LogP contribution is -2.47. The number of amides is 1. The van der Waals surface area contributed by atoms with Gasteiger partial charge in [-0.05, 0) is 44.9 Å². The van der Waals surface area contributed by atoms with Crippen LogP contribution in [-0.4, -0.2) is 34.5 Å².